The number of anilines is 1. The topological polar surface area (TPSA) is 21.3 Å². The van der Waals surface area contributed by atoms with E-state index in [4.69, 9.17) is 4.74 Å². The van der Waals surface area contributed by atoms with Gasteiger partial charge in [-0.05, 0) is 65.8 Å². The van der Waals surface area contributed by atoms with Gasteiger partial charge in [-0.2, -0.15) is 0 Å². The smallest absolute Gasteiger partial charge is 0.142 e. The highest BCUT2D eigenvalue weighted by atomic mass is 79.9. The van der Waals surface area contributed by atoms with Gasteiger partial charge in [0.25, 0.3) is 0 Å². The quantitative estimate of drug-likeness (QED) is 0.788. The van der Waals surface area contributed by atoms with Gasteiger partial charge in [0.2, 0.25) is 0 Å². The first-order valence-electron chi connectivity index (χ1n) is 6.34. The Morgan fingerprint density at radius 3 is 2.79 bits per heavy atom. The minimum atomic E-state index is 0.247. The predicted molar refractivity (Wildman–Crippen MR) is 86.4 cm³/mol. The standard InChI is InChI=1S/C15H18BrNOS/c1-4-18-14-9-10(2)5-6-13(14)17-11(3)15-12(16)7-8-19-15/h5-9,11,17H,4H2,1-3H3. The highest BCUT2D eigenvalue weighted by molar-refractivity contribution is 9.10. The molecule has 2 aromatic rings. The van der Waals surface area contributed by atoms with Crippen LogP contribution in [0.2, 0.25) is 0 Å². The normalized spacial score (nSPS) is 12.2. The van der Waals surface area contributed by atoms with E-state index in [2.05, 4.69) is 64.7 Å². The van der Waals surface area contributed by atoms with Crippen LogP contribution in [0.3, 0.4) is 0 Å². The van der Waals surface area contributed by atoms with Crippen LogP contribution in [0.15, 0.2) is 34.1 Å². The number of nitrogens with one attached hydrogen (secondary N) is 1. The van der Waals surface area contributed by atoms with Crippen LogP contribution in [0.1, 0.15) is 30.3 Å². The molecule has 1 unspecified atom stereocenters. The molecular formula is C15H18BrNOS. The van der Waals surface area contributed by atoms with E-state index < -0.39 is 0 Å². The lowest BCUT2D eigenvalue weighted by Crippen LogP contribution is -2.07. The number of halogens is 1. The fourth-order valence-electron chi connectivity index (χ4n) is 1.94. The number of aryl methyl sites for hydroxylation is 1. The minimum Gasteiger partial charge on any atom is -0.492 e. The molecule has 0 saturated heterocycles. The first kappa shape index (κ1) is 14.4. The Labute approximate surface area is 126 Å². The second kappa shape index (κ2) is 6.44. The van der Waals surface area contributed by atoms with Crippen LogP contribution < -0.4 is 10.1 Å². The van der Waals surface area contributed by atoms with Crippen LogP contribution in [-0.4, -0.2) is 6.61 Å². The second-order valence-electron chi connectivity index (χ2n) is 4.43. The van der Waals surface area contributed by atoms with E-state index in [1.54, 1.807) is 11.3 Å². The molecule has 0 amide bonds. The summed E-state index contributed by atoms with van der Waals surface area (Å²) >= 11 is 5.33. The van der Waals surface area contributed by atoms with Crippen molar-refractivity contribution in [1.29, 1.82) is 0 Å². The van der Waals surface area contributed by atoms with Crippen molar-refractivity contribution in [3.8, 4) is 5.75 Å². The van der Waals surface area contributed by atoms with Gasteiger partial charge in [0.05, 0.1) is 18.3 Å². The summed E-state index contributed by atoms with van der Waals surface area (Å²) in [4.78, 5) is 1.29. The van der Waals surface area contributed by atoms with E-state index in [1.165, 1.54) is 10.4 Å². The summed E-state index contributed by atoms with van der Waals surface area (Å²) in [5.74, 6) is 0.919. The average Bonchev–Trinajstić information content (AvgIpc) is 2.79. The van der Waals surface area contributed by atoms with Crippen LogP contribution in [0.4, 0.5) is 5.69 Å². The molecule has 4 heteroatoms. The second-order valence-corrected chi connectivity index (χ2v) is 6.23. The number of hydrogen-bond acceptors (Lipinski definition) is 3. The van der Waals surface area contributed by atoms with Crippen molar-refractivity contribution in [2.75, 3.05) is 11.9 Å². The number of thiophene rings is 1. The Bertz CT molecular complexity index is 553. The molecule has 1 N–H and O–H groups in total. The van der Waals surface area contributed by atoms with E-state index in [1.807, 2.05) is 6.92 Å². The van der Waals surface area contributed by atoms with Gasteiger partial charge in [0.15, 0.2) is 0 Å². The van der Waals surface area contributed by atoms with Crippen molar-refractivity contribution in [2.24, 2.45) is 0 Å². The Morgan fingerprint density at radius 2 is 2.16 bits per heavy atom. The molecule has 19 heavy (non-hydrogen) atoms. The first-order chi connectivity index (χ1) is 9.11. The van der Waals surface area contributed by atoms with Gasteiger partial charge < -0.3 is 10.1 Å². The summed E-state index contributed by atoms with van der Waals surface area (Å²) in [6.07, 6.45) is 0. The molecule has 102 valence electrons. The van der Waals surface area contributed by atoms with E-state index in [9.17, 15) is 0 Å². The Balaban J connectivity index is 2.21. The summed E-state index contributed by atoms with van der Waals surface area (Å²) in [6, 6.07) is 8.58. The number of ether oxygens (including phenoxy) is 1. The van der Waals surface area contributed by atoms with E-state index in [-0.39, 0.29) is 6.04 Å². The summed E-state index contributed by atoms with van der Waals surface area (Å²) in [7, 11) is 0. The lowest BCUT2D eigenvalue weighted by Gasteiger charge is -2.18. The molecule has 0 aliphatic carbocycles. The maximum atomic E-state index is 5.70. The molecule has 0 bridgehead atoms. The maximum absolute atomic E-state index is 5.70. The fourth-order valence-corrected chi connectivity index (χ4v) is 3.66. The lowest BCUT2D eigenvalue weighted by atomic mass is 10.2. The van der Waals surface area contributed by atoms with Crippen molar-refractivity contribution >= 4 is 33.0 Å². The number of benzene rings is 1. The molecule has 2 rings (SSSR count). The van der Waals surface area contributed by atoms with E-state index in [0.717, 1.165) is 15.9 Å². The van der Waals surface area contributed by atoms with Crippen LogP contribution in [0.5, 0.6) is 5.75 Å². The van der Waals surface area contributed by atoms with Crippen molar-refractivity contribution in [3.63, 3.8) is 0 Å². The van der Waals surface area contributed by atoms with Gasteiger partial charge in [-0.1, -0.05) is 6.07 Å². The van der Waals surface area contributed by atoms with Gasteiger partial charge in [-0.3, -0.25) is 0 Å². The Kier molecular flexibility index (Phi) is 4.88. The fraction of sp³-hybridized carbons (Fsp3) is 0.333. The van der Waals surface area contributed by atoms with Crippen LogP contribution in [0, 0.1) is 6.92 Å². The van der Waals surface area contributed by atoms with Crippen LogP contribution in [-0.2, 0) is 0 Å². The molecule has 1 heterocycles. The third kappa shape index (κ3) is 3.51. The molecule has 0 aliphatic heterocycles. The summed E-state index contributed by atoms with van der Waals surface area (Å²) in [5, 5.41) is 5.61. The van der Waals surface area contributed by atoms with Crippen LogP contribution >= 0.6 is 27.3 Å². The molecule has 0 fully saturated rings. The molecule has 0 radical (unpaired) electrons. The molecule has 0 saturated carbocycles. The molecule has 1 atom stereocenters. The molecular weight excluding hydrogens is 322 g/mol. The molecule has 1 aromatic carbocycles. The average molecular weight is 340 g/mol. The predicted octanol–water partition coefficient (Wildman–Crippen LogP) is 5.39. The van der Waals surface area contributed by atoms with Gasteiger partial charge in [0, 0.05) is 9.35 Å². The third-order valence-corrected chi connectivity index (χ3v) is 4.90. The van der Waals surface area contributed by atoms with Crippen molar-refractivity contribution < 1.29 is 4.74 Å². The zero-order valence-corrected chi connectivity index (χ0v) is 13.8. The SMILES string of the molecule is CCOc1cc(C)ccc1NC(C)c1sccc1Br. The van der Waals surface area contributed by atoms with Crippen molar-refractivity contribution in [3.05, 3.63) is 44.6 Å². The lowest BCUT2D eigenvalue weighted by molar-refractivity contribution is 0.341. The van der Waals surface area contributed by atoms with Crippen molar-refractivity contribution in [1.82, 2.24) is 0 Å². The van der Waals surface area contributed by atoms with Gasteiger partial charge >= 0.3 is 0 Å². The minimum absolute atomic E-state index is 0.247. The maximum Gasteiger partial charge on any atom is 0.142 e. The van der Waals surface area contributed by atoms with Crippen molar-refractivity contribution in [2.45, 2.75) is 26.8 Å². The van der Waals surface area contributed by atoms with Gasteiger partial charge in [-0.15, -0.1) is 11.3 Å². The Morgan fingerprint density at radius 1 is 1.37 bits per heavy atom. The zero-order valence-electron chi connectivity index (χ0n) is 11.4. The highest BCUT2D eigenvalue weighted by Crippen LogP contribution is 2.34. The molecule has 1 aromatic heterocycles. The molecule has 2 nitrogen and oxygen atoms in total. The zero-order chi connectivity index (χ0) is 13.8. The summed E-state index contributed by atoms with van der Waals surface area (Å²) in [5.41, 5.74) is 2.25. The number of rotatable bonds is 5. The first-order valence-corrected chi connectivity index (χ1v) is 8.02. The molecule has 0 spiro atoms. The van der Waals surface area contributed by atoms with E-state index >= 15 is 0 Å². The van der Waals surface area contributed by atoms with Gasteiger partial charge in [-0.25, -0.2) is 0 Å². The largest absolute Gasteiger partial charge is 0.492 e. The summed E-state index contributed by atoms with van der Waals surface area (Å²) < 4.78 is 6.85. The highest BCUT2D eigenvalue weighted by Gasteiger charge is 2.13. The number of hydrogen-bond donors (Lipinski definition) is 1. The van der Waals surface area contributed by atoms with Crippen LogP contribution in [0.25, 0.3) is 0 Å². The molecule has 0 aliphatic rings. The van der Waals surface area contributed by atoms with Gasteiger partial charge in [0.1, 0.15) is 5.75 Å². The van der Waals surface area contributed by atoms with E-state index in [0.29, 0.717) is 6.61 Å². The third-order valence-electron chi connectivity index (χ3n) is 2.85. The Hall–Kier alpha value is -1.00. The summed E-state index contributed by atoms with van der Waals surface area (Å²) in [6.45, 7) is 6.92. The monoisotopic (exact) mass is 339 g/mol.